The van der Waals surface area contributed by atoms with Gasteiger partial charge in [0.25, 0.3) is 11.8 Å². The van der Waals surface area contributed by atoms with Gasteiger partial charge in [0.1, 0.15) is 6.10 Å². The molecule has 34 heavy (non-hydrogen) atoms. The zero-order valence-corrected chi connectivity index (χ0v) is 19.0. The van der Waals surface area contributed by atoms with Crippen LogP contribution < -0.4 is 9.47 Å². The molecular weight excluding hydrogens is 432 g/mol. The second kappa shape index (κ2) is 6.57. The van der Waals surface area contributed by atoms with Crippen LogP contribution in [0.2, 0.25) is 0 Å². The minimum absolute atomic E-state index is 0.184. The maximum atomic E-state index is 13.4. The maximum absolute atomic E-state index is 13.4. The summed E-state index contributed by atoms with van der Waals surface area (Å²) in [6.07, 6.45) is 5.47. The van der Waals surface area contributed by atoms with Crippen LogP contribution in [0.5, 0.6) is 11.5 Å². The molecule has 1 saturated heterocycles. The number of hydrogen-bond acceptors (Lipinski definition) is 6. The topological polar surface area (TPSA) is 76.1 Å². The number of carbonyl (C=O) groups is 3. The zero-order chi connectivity index (χ0) is 23.4. The molecule has 2 amide bonds. The van der Waals surface area contributed by atoms with Gasteiger partial charge in [-0.2, -0.15) is 0 Å². The molecule has 0 unspecified atom stereocenters. The van der Waals surface area contributed by atoms with Crippen LogP contribution in [-0.4, -0.2) is 59.4 Å². The monoisotopic (exact) mass is 456 g/mol. The summed E-state index contributed by atoms with van der Waals surface area (Å²) in [6, 6.07) is 10.6. The predicted molar refractivity (Wildman–Crippen MR) is 122 cm³/mol. The lowest BCUT2D eigenvalue weighted by Crippen LogP contribution is -2.67. The number of imide groups is 1. The molecule has 7 rings (SSSR count). The first-order valence-electron chi connectivity index (χ1n) is 11.8. The van der Waals surface area contributed by atoms with Crippen molar-refractivity contribution in [3.63, 3.8) is 0 Å². The Labute approximate surface area is 196 Å². The number of hydrogen-bond donors (Lipinski definition) is 0. The second-order valence-electron chi connectivity index (χ2n) is 10.0. The number of likely N-dealkylation sites (N-methyl/N-ethyl adjacent to an activating group) is 1. The summed E-state index contributed by atoms with van der Waals surface area (Å²) in [6.45, 7) is 2.27. The molecule has 5 aliphatic rings. The number of piperidine rings is 1. The summed E-state index contributed by atoms with van der Waals surface area (Å²) in [5.74, 6) is 0.207. The number of likely N-dealkylation sites (tertiary alicyclic amines) is 1. The largest absolute Gasteiger partial charge is 0.483 e. The normalized spacial score (nSPS) is 32.4. The van der Waals surface area contributed by atoms with E-state index in [0.29, 0.717) is 28.7 Å². The third kappa shape index (κ3) is 2.28. The van der Waals surface area contributed by atoms with E-state index in [1.807, 2.05) is 18.2 Å². The first kappa shape index (κ1) is 20.0. The number of fused-ring (bicyclic) bond motifs is 1. The summed E-state index contributed by atoms with van der Waals surface area (Å²) in [4.78, 5) is 42.4. The summed E-state index contributed by atoms with van der Waals surface area (Å²) in [5, 5.41) is 0. The van der Waals surface area contributed by atoms with Crippen LogP contribution >= 0.6 is 0 Å². The molecule has 2 aromatic carbocycles. The van der Waals surface area contributed by atoms with E-state index in [1.165, 1.54) is 17.4 Å². The van der Waals surface area contributed by atoms with Crippen LogP contribution in [-0.2, 0) is 16.6 Å². The van der Waals surface area contributed by atoms with Gasteiger partial charge >= 0.3 is 5.97 Å². The van der Waals surface area contributed by atoms with Crippen LogP contribution in [0.4, 0.5) is 0 Å². The third-order valence-corrected chi connectivity index (χ3v) is 8.51. The van der Waals surface area contributed by atoms with Crippen LogP contribution in [0.3, 0.4) is 0 Å². The molecule has 0 aromatic heterocycles. The molecule has 3 heterocycles. The van der Waals surface area contributed by atoms with Crippen LogP contribution in [0.15, 0.2) is 48.6 Å². The van der Waals surface area contributed by atoms with Crippen molar-refractivity contribution in [1.29, 1.82) is 0 Å². The Bertz CT molecular complexity index is 1300. The lowest BCUT2D eigenvalue weighted by Gasteiger charge is -2.57. The van der Waals surface area contributed by atoms with Crippen molar-refractivity contribution in [3.05, 3.63) is 70.8 Å². The zero-order valence-electron chi connectivity index (χ0n) is 19.0. The molecular formula is C27H24N2O5. The molecule has 2 aliphatic carbocycles. The van der Waals surface area contributed by atoms with Gasteiger partial charge in [-0.15, -0.1) is 0 Å². The Kier molecular flexibility index (Phi) is 3.86. The maximum Gasteiger partial charge on any atom is 0.308 e. The van der Waals surface area contributed by atoms with E-state index in [0.717, 1.165) is 24.9 Å². The highest BCUT2D eigenvalue weighted by Crippen LogP contribution is 2.63. The number of esters is 1. The fourth-order valence-electron chi connectivity index (χ4n) is 7.16. The molecule has 7 heteroatoms. The molecule has 0 N–H and O–H groups in total. The molecule has 2 aromatic rings. The van der Waals surface area contributed by atoms with Gasteiger partial charge in [0.2, 0.25) is 0 Å². The first-order valence-corrected chi connectivity index (χ1v) is 11.8. The molecule has 1 spiro atoms. The summed E-state index contributed by atoms with van der Waals surface area (Å²) in [7, 11) is 2.16. The van der Waals surface area contributed by atoms with E-state index >= 15 is 0 Å². The molecule has 1 fully saturated rings. The average molecular weight is 456 g/mol. The van der Waals surface area contributed by atoms with Gasteiger partial charge in [0, 0.05) is 29.9 Å². The van der Waals surface area contributed by atoms with Crippen molar-refractivity contribution in [2.75, 3.05) is 13.6 Å². The van der Waals surface area contributed by atoms with Gasteiger partial charge in [0.05, 0.1) is 17.2 Å². The SMILES string of the molecule is CC(=O)Oc1ccc2c3c1O[C@H]1[C@H](N4C(=O)c5ccccc5C4=O)C=C[C@H]4[C@@H](C2)N(C)CC[C@@]341. The van der Waals surface area contributed by atoms with E-state index in [4.69, 9.17) is 9.47 Å². The minimum Gasteiger partial charge on any atom is -0.483 e. The molecule has 5 atom stereocenters. The van der Waals surface area contributed by atoms with Gasteiger partial charge < -0.3 is 14.4 Å². The molecule has 7 nitrogen and oxygen atoms in total. The van der Waals surface area contributed by atoms with Gasteiger partial charge in [-0.25, -0.2) is 0 Å². The number of amides is 2. The number of rotatable bonds is 2. The second-order valence-corrected chi connectivity index (χ2v) is 10.0. The smallest absolute Gasteiger partial charge is 0.308 e. The number of benzene rings is 2. The van der Waals surface area contributed by atoms with Crippen molar-refractivity contribution in [3.8, 4) is 11.5 Å². The quantitative estimate of drug-likeness (QED) is 0.299. The minimum atomic E-state index is -0.545. The van der Waals surface area contributed by atoms with Crippen LogP contribution in [0, 0.1) is 5.92 Å². The van der Waals surface area contributed by atoms with Crippen molar-refractivity contribution in [1.82, 2.24) is 9.80 Å². The average Bonchev–Trinajstić information content (AvgIpc) is 3.30. The summed E-state index contributed by atoms with van der Waals surface area (Å²) < 4.78 is 12.2. The van der Waals surface area contributed by atoms with Gasteiger partial charge in [0.15, 0.2) is 11.5 Å². The van der Waals surface area contributed by atoms with E-state index in [9.17, 15) is 14.4 Å². The van der Waals surface area contributed by atoms with Crippen molar-refractivity contribution >= 4 is 17.8 Å². The third-order valence-electron chi connectivity index (χ3n) is 8.51. The molecule has 0 saturated carbocycles. The Morgan fingerprint density at radius 2 is 1.82 bits per heavy atom. The Morgan fingerprint density at radius 1 is 1.09 bits per heavy atom. The Hall–Kier alpha value is -3.45. The van der Waals surface area contributed by atoms with Gasteiger partial charge in [-0.1, -0.05) is 30.4 Å². The fourth-order valence-corrected chi connectivity index (χ4v) is 7.16. The number of ether oxygens (including phenoxy) is 2. The fraction of sp³-hybridized carbons (Fsp3) is 0.370. The Morgan fingerprint density at radius 3 is 2.53 bits per heavy atom. The lowest BCUT2D eigenvalue weighted by molar-refractivity contribution is -0.132. The van der Waals surface area contributed by atoms with Crippen molar-refractivity contribution < 1.29 is 23.9 Å². The van der Waals surface area contributed by atoms with Gasteiger partial charge in [-0.3, -0.25) is 19.3 Å². The highest BCUT2D eigenvalue weighted by Gasteiger charge is 2.66. The molecule has 3 aliphatic heterocycles. The van der Waals surface area contributed by atoms with E-state index in [-0.39, 0.29) is 23.1 Å². The number of nitrogens with zero attached hydrogens (tertiary/aromatic N) is 2. The highest BCUT2D eigenvalue weighted by molar-refractivity contribution is 6.21. The van der Waals surface area contributed by atoms with Gasteiger partial charge in [-0.05, 0) is 50.2 Å². The van der Waals surface area contributed by atoms with Crippen molar-refractivity contribution in [2.24, 2.45) is 5.92 Å². The van der Waals surface area contributed by atoms with E-state index < -0.39 is 18.1 Å². The molecule has 172 valence electrons. The lowest BCUT2D eigenvalue weighted by atomic mass is 9.53. The van der Waals surface area contributed by atoms with E-state index in [2.05, 4.69) is 18.0 Å². The van der Waals surface area contributed by atoms with Crippen LogP contribution in [0.25, 0.3) is 0 Å². The predicted octanol–water partition coefficient (Wildman–Crippen LogP) is 2.72. The summed E-state index contributed by atoms with van der Waals surface area (Å²) >= 11 is 0. The molecule has 0 radical (unpaired) electrons. The summed E-state index contributed by atoms with van der Waals surface area (Å²) in [5.41, 5.74) is 2.77. The highest BCUT2D eigenvalue weighted by atomic mass is 16.6. The first-order chi connectivity index (χ1) is 16.4. The molecule has 2 bridgehead atoms. The van der Waals surface area contributed by atoms with E-state index in [1.54, 1.807) is 24.3 Å². The number of carbonyl (C=O) groups excluding carboxylic acids is 3. The standard InChI is InChI=1S/C27H24N2O5/c1-14(30)33-21-10-7-15-13-20-18-8-9-19(29-25(31)16-5-3-4-6-17(16)26(29)32)24-27(18,11-12-28(20)2)22(15)23(21)34-24/h3-10,18-20,24H,11-13H2,1-2H3/t18-,19+,20+,24-,27-/m0/s1. The Balaban J connectivity index is 1.41. The van der Waals surface area contributed by atoms with Crippen LogP contribution in [0.1, 0.15) is 45.2 Å². The van der Waals surface area contributed by atoms with Crippen molar-refractivity contribution in [2.45, 2.75) is 43.4 Å².